The number of carboxylic acid groups (broad SMARTS) is 1. The van der Waals surface area contributed by atoms with Gasteiger partial charge in [0.15, 0.2) is 0 Å². The van der Waals surface area contributed by atoms with E-state index in [2.05, 4.69) is 0 Å². The van der Waals surface area contributed by atoms with Gasteiger partial charge in [-0.15, -0.1) is 0 Å². The van der Waals surface area contributed by atoms with Gasteiger partial charge in [-0.1, -0.05) is 48.5 Å². The number of rotatable bonds is 6. The summed E-state index contributed by atoms with van der Waals surface area (Å²) in [6, 6.07) is 22.5. The zero-order valence-corrected chi connectivity index (χ0v) is 14.0. The number of halogens is 1. The lowest BCUT2D eigenvalue weighted by atomic mass is 10.2. The molecule has 0 radical (unpaired) electrons. The number of hydrogen-bond acceptors (Lipinski definition) is 2. The molecule has 0 fully saturated rings. The molecule has 5 heteroatoms. The van der Waals surface area contributed by atoms with Crippen LogP contribution in [0.25, 0.3) is 0 Å². The second kappa shape index (κ2) is 8.16. The van der Waals surface area contributed by atoms with Crippen molar-refractivity contribution in [1.29, 1.82) is 0 Å². The van der Waals surface area contributed by atoms with Gasteiger partial charge in [0.1, 0.15) is 18.2 Å². The fourth-order valence-electron chi connectivity index (χ4n) is 2.57. The van der Waals surface area contributed by atoms with Crippen molar-refractivity contribution in [3.63, 3.8) is 0 Å². The van der Waals surface area contributed by atoms with Crippen molar-refractivity contribution in [2.45, 2.75) is 13.2 Å². The molecule has 0 bridgehead atoms. The molecule has 1 amide bonds. The van der Waals surface area contributed by atoms with Crippen LogP contribution in [0.4, 0.5) is 14.9 Å². The van der Waals surface area contributed by atoms with Crippen molar-refractivity contribution in [2.24, 2.45) is 0 Å². The molecule has 0 unspecified atom stereocenters. The third-order valence-electron chi connectivity index (χ3n) is 3.84. The second-order valence-corrected chi connectivity index (χ2v) is 5.77. The van der Waals surface area contributed by atoms with Crippen LogP contribution in [-0.2, 0) is 13.2 Å². The molecule has 0 saturated carbocycles. The highest BCUT2D eigenvalue weighted by Gasteiger charge is 2.15. The van der Waals surface area contributed by atoms with E-state index in [-0.39, 0.29) is 12.2 Å². The van der Waals surface area contributed by atoms with E-state index < -0.39 is 11.9 Å². The zero-order chi connectivity index (χ0) is 18.4. The highest BCUT2D eigenvalue weighted by Crippen LogP contribution is 2.21. The van der Waals surface area contributed by atoms with Crippen LogP contribution in [0, 0.1) is 5.82 Å². The fourth-order valence-corrected chi connectivity index (χ4v) is 2.57. The highest BCUT2D eigenvalue weighted by atomic mass is 19.1. The van der Waals surface area contributed by atoms with Gasteiger partial charge in [-0.3, -0.25) is 4.90 Å². The monoisotopic (exact) mass is 351 g/mol. The summed E-state index contributed by atoms with van der Waals surface area (Å²) in [5.74, 6) is 0.171. The fraction of sp³-hybridized carbons (Fsp3) is 0.0952. The van der Waals surface area contributed by atoms with Gasteiger partial charge in [-0.25, -0.2) is 9.18 Å². The average Bonchev–Trinajstić information content (AvgIpc) is 2.65. The first kappa shape index (κ1) is 17.5. The quantitative estimate of drug-likeness (QED) is 0.673. The molecule has 0 aliphatic heterocycles. The van der Waals surface area contributed by atoms with Gasteiger partial charge >= 0.3 is 6.09 Å². The topological polar surface area (TPSA) is 49.8 Å². The zero-order valence-electron chi connectivity index (χ0n) is 14.0. The van der Waals surface area contributed by atoms with Crippen molar-refractivity contribution in [3.8, 4) is 5.75 Å². The van der Waals surface area contributed by atoms with Gasteiger partial charge in [-0.05, 0) is 41.5 Å². The van der Waals surface area contributed by atoms with E-state index >= 15 is 0 Å². The third-order valence-corrected chi connectivity index (χ3v) is 3.84. The van der Waals surface area contributed by atoms with Gasteiger partial charge in [-0.2, -0.15) is 0 Å². The lowest BCUT2D eigenvalue weighted by molar-refractivity contribution is 0.201. The Morgan fingerprint density at radius 2 is 1.65 bits per heavy atom. The van der Waals surface area contributed by atoms with E-state index in [9.17, 15) is 14.3 Å². The van der Waals surface area contributed by atoms with E-state index in [0.717, 1.165) is 16.0 Å². The highest BCUT2D eigenvalue weighted by molar-refractivity contribution is 5.85. The van der Waals surface area contributed by atoms with Gasteiger partial charge < -0.3 is 9.84 Å². The lowest BCUT2D eigenvalue weighted by Crippen LogP contribution is -2.28. The number of carbonyl (C=O) groups is 1. The molecule has 0 aromatic heterocycles. The minimum Gasteiger partial charge on any atom is -0.489 e. The molecular weight excluding hydrogens is 333 g/mol. The number of amides is 1. The normalized spacial score (nSPS) is 10.3. The molecular formula is C21H18FNO3. The number of nitrogens with zero attached hydrogens (tertiary/aromatic N) is 1. The Balaban J connectivity index is 1.73. The molecule has 0 spiro atoms. The first-order valence-corrected chi connectivity index (χ1v) is 8.13. The molecule has 0 aliphatic rings. The molecule has 0 aliphatic carbocycles. The van der Waals surface area contributed by atoms with Gasteiger partial charge in [0.25, 0.3) is 0 Å². The first-order valence-electron chi connectivity index (χ1n) is 8.13. The van der Waals surface area contributed by atoms with Crippen LogP contribution in [0.15, 0.2) is 78.9 Å². The minimum atomic E-state index is -1.15. The van der Waals surface area contributed by atoms with Crippen LogP contribution < -0.4 is 9.64 Å². The maximum absolute atomic E-state index is 13.4. The van der Waals surface area contributed by atoms with Gasteiger partial charge in [0.2, 0.25) is 0 Å². The van der Waals surface area contributed by atoms with E-state index in [4.69, 9.17) is 4.74 Å². The van der Waals surface area contributed by atoms with Crippen LogP contribution in [-0.4, -0.2) is 11.2 Å². The van der Waals surface area contributed by atoms with Crippen molar-refractivity contribution in [3.05, 3.63) is 95.8 Å². The predicted molar refractivity (Wildman–Crippen MR) is 97.8 cm³/mol. The number of hydrogen-bond donors (Lipinski definition) is 1. The van der Waals surface area contributed by atoms with E-state index in [0.29, 0.717) is 12.4 Å². The summed E-state index contributed by atoms with van der Waals surface area (Å²) < 4.78 is 19.2. The Kier molecular flexibility index (Phi) is 5.49. The molecule has 1 N–H and O–H groups in total. The largest absolute Gasteiger partial charge is 0.489 e. The Morgan fingerprint density at radius 3 is 2.38 bits per heavy atom. The number of benzene rings is 3. The third kappa shape index (κ3) is 4.60. The number of ether oxygens (including phenoxy) is 1. The van der Waals surface area contributed by atoms with Crippen LogP contribution in [0.3, 0.4) is 0 Å². The minimum absolute atomic E-state index is 0.0985. The molecule has 3 aromatic rings. The SMILES string of the molecule is O=C(O)N(Cc1cccc(OCc2ccccc2)c1)c1cccc(F)c1. The summed E-state index contributed by atoms with van der Waals surface area (Å²) in [6.45, 7) is 0.526. The maximum atomic E-state index is 13.4. The standard InChI is InChI=1S/C21H18FNO3/c22-18-9-5-10-19(13-18)23(21(24)25)14-17-8-4-11-20(12-17)26-15-16-6-2-1-3-7-16/h1-13H,14-15H2,(H,24,25). The molecule has 0 atom stereocenters. The molecule has 3 aromatic carbocycles. The van der Waals surface area contributed by atoms with Crippen LogP contribution >= 0.6 is 0 Å². The van der Waals surface area contributed by atoms with Crippen molar-refractivity contribution in [1.82, 2.24) is 0 Å². The van der Waals surface area contributed by atoms with E-state index in [1.165, 1.54) is 18.2 Å². The van der Waals surface area contributed by atoms with Crippen molar-refractivity contribution < 1.29 is 19.0 Å². The average molecular weight is 351 g/mol. The molecule has 3 rings (SSSR count). The summed E-state index contributed by atoms with van der Waals surface area (Å²) in [4.78, 5) is 12.7. The van der Waals surface area contributed by atoms with Gasteiger partial charge in [0, 0.05) is 0 Å². The van der Waals surface area contributed by atoms with Crippen molar-refractivity contribution in [2.75, 3.05) is 4.90 Å². The Hall–Kier alpha value is -3.34. The Bertz CT molecular complexity index is 883. The summed E-state index contributed by atoms with van der Waals surface area (Å²) >= 11 is 0. The Morgan fingerprint density at radius 1 is 0.923 bits per heavy atom. The van der Waals surface area contributed by atoms with E-state index in [1.54, 1.807) is 18.2 Å². The van der Waals surface area contributed by atoms with Gasteiger partial charge in [0.05, 0.1) is 12.2 Å². The summed E-state index contributed by atoms with van der Waals surface area (Å²) in [5, 5.41) is 9.47. The molecule has 132 valence electrons. The second-order valence-electron chi connectivity index (χ2n) is 5.77. The van der Waals surface area contributed by atoms with E-state index in [1.807, 2.05) is 42.5 Å². The summed E-state index contributed by atoms with van der Waals surface area (Å²) in [6.07, 6.45) is -1.15. The molecule has 0 saturated heterocycles. The molecule has 4 nitrogen and oxygen atoms in total. The molecule has 0 heterocycles. The van der Waals surface area contributed by atoms with Crippen LogP contribution in [0.2, 0.25) is 0 Å². The smallest absolute Gasteiger partial charge is 0.412 e. The first-order chi connectivity index (χ1) is 12.6. The maximum Gasteiger partial charge on any atom is 0.412 e. The van der Waals surface area contributed by atoms with Crippen LogP contribution in [0.1, 0.15) is 11.1 Å². The number of anilines is 1. The molecule has 26 heavy (non-hydrogen) atoms. The lowest BCUT2D eigenvalue weighted by Gasteiger charge is -2.20. The van der Waals surface area contributed by atoms with Crippen molar-refractivity contribution >= 4 is 11.8 Å². The summed E-state index contributed by atoms with van der Waals surface area (Å²) in [7, 11) is 0. The summed E-state index contributed by atoms with van der Waals surface area (Å²) in [5.41, 5.74) is 2.08. The predicted octanol–water partition coefficient (Wildman–Crippen LogP) is 5.09. The Labute approximate surface area is 151 Å². The van der Waals surface area contributed by atoms with Crippen LogP contribution in [0.5, 0.6) is 5.75 Å².